The van der Waals surface area contributed by atoms with Crippen LogP contribution in [0, 0.1) is 6.92 Å². The molecule has 70 valence electrons. The number of rotatable bonds is 1. The number of hydrogen-bond acceptors (Lipinski definition) is 4. The molecule has 0 aromatic carbocycles. The van der Waals surface area contributed by atoms with Crippen LogP contribution in [0.2, 0.25) is 0 Å². The van der Waals surface area contributed by atoms with Crippen LogP contribution in [0.3, 0.4) is 0 Å². The summed E-state index contributed by atoms with van der Waals surface area (Å²) in [5.41, 5.74) is 4.88. The minimum atomic E-state index is -1.18. The van der Waals surface area contributed by atoms with Gasteiger partial charge in [0.2, 0.25) is 0 Å². The molecule has 0 aliphatic heterocycles. The number of nitrogens with zero attached hydrogens (tertiary/aromatic N) is 2. The molecule has 0 radical (unpaired) electrons. The van der Waals surface area contributed by atoms with Crippen LogP contribution in [0.4, 0.5) is 5.82 Å². The first-order chi connectivity index (χ1) is 5.95. The van der Waals surface area contributed by atoms with Crippen molar-refractivity contribution in [3.8, 4) is 0 Å². The van der Waals surface area contributed by atoms with Gasteiger partial charge in [0.05, 0.1) is 5.69 Å². The number of aromatic nitrogens is 2. The molecule has 0 saturated heterocycles. The third kappa shape index (κ3) is 1.37. The molecule has 0 aliphatic carbocycles. The van der Waals surface area contributed by atoms with Gasteiger partial charge in [-0.05, 0) is 6.92 Å². The number of carboxylic acid groups (broad SMARTS) is 1. The van der Waals surface area contributed by atoms with Crippen molar-refractivity contribution in [2.75, 3.05) is 5.73 Å². The number of carbonyl (C=O) groups is 1. The summed E-state index contributed by atoms with van der Waals surface area (Å²) in [6, 6.07) is 0. The smallest absolute Gasteiger partial charge is 0.349 e. The summed E-state index contributed by atoms with van der Waals surface area (Å²) in [5.74, 6) is -1.26. The molecule has 1 rings (SSSR count). The fourth-order valence-electron chi connectivity index (χ4n) is 0.995. The second-order valence-corrected chi connectivity index (χ2v) is 2.60. The highest BCUT2D eigenvalue weighted by Crippen LogP contribution is 2.10. The van der Waals surface area contributed by atoms with Gasteiger partial charge in [0, 0.05) is 7.05 Å². The van der Waals surface area contributed by atoms with Crippen LogP contribution in [0.15, 0.2) is 4.79 Å². The van der Waals surface area contributed by atoms with E-state index in [2.05, 4.69) is 4.98 Å². The zero-order chi connectivity index (χ0) is 10.2. The maximum Gasteiger partial charge on any atom is 0.349 e. The minimum absolute atomic E-state index is 0.0787. The molecular weight excluding hydrogens is 174 g/mol. The third-order valence-electron chi connectivity index (χ3n) is 1.74. The molecule has 13 heavy (non-hydrogen) atoms. The average molecular weight is 183 g/mol. The van der Waals surface area contributed by atoms with Gasteiger partial charge in [0.15, 0.2) is 0 Å². The molecule has 0 fully saturated rings. The topological polar surface area (TPSA) is 98.2 Å². The lowest BCUT2D eigenvalue weighted by molar-refractivity contribution is 0.0696. The first kappa shape index (κ1) is 9.24. The molecule has 0 aliphatic rings. The maximum absolute atomic E-state index is 11.0. The minimum Gasteiger partial charge on any atom is -0.477 e. The normalized spacial score (nSPS) is 10.0. The Hall–Kier alpha value is -1.85. The van der Waals surface area contributed by atoms with Gasteiger partial charge in [-0.15, -0.1) is 0 Å². The number of anilines is 1. The summed E-state index contributed by atoms with van der Waals surface area (Å²) in [5, 5.41) is 8.73. The van der Waals surface area contributed by atoms with E-state index in [9.17, 15) is 9.59 Å². The van der Waals surface area contributed by atoms with Crippen molar-refractivity contribution in [3.63, 3.8) is 0 Å². The number of carboxylic acids is 1. The van der Waals surface area contributed by atoms with Crippen molar-refractivity contribution < 1.29 is 9.90 Å². The summed E-state index contributed by atoms with van der Waals surface area (Å²) in [7, 11) is 1.37. The average Bonchev–Trinajstić information content (AvgIpc) is 1.99. The van der Waals surface area contributed by atoms with E-state index in [-0.39, 0.29) is 17.1 Å². The van der Waals surface area contributed by atoms with Crippen molar-refractivity contribution in [2.45, 2.75) is 6.92 Å². The molecule has 0 spiro atoms. The molecule has 0 atom stereocenters. The van der Waals surface area contributed by atoms with Crippen molar-refractivity contribution in [1.82, 2.24) is 9.55 Å². The lowest BCUT2D eigenvalue weighted by atomic mass is 10.2. The van der Waals surface area contributed by atoms with Crippen LogP contribution in [0.25, 0.3) is 0 Å². The fourth-order valence-corrected chi connectivity index (χ4v) is 0.995. The van der Waals surface area contributed by atoms with Crippen LogP contribution in [0.1, 0.15) is 16.1 Å². The summed E-state index contributed by atoms with van der Waals surface area (Å²) < 4.78 is 0.996. The van der Waals surface area contributed by atoms with E-state index in [0.717, 1.165) is 4.57 Å². The van der Waals surface area contributed by atoms with E-state index in [1.54, 1.807) is 0 Å². The van der Waals surface area contributed by atoms with E-state index in [4.69, 9.17) is 10.8 Å². The Morgan fingerprint density at radius 3 is 2.62 bits per heavy atom. The highest BCUT2D eigenvalue weighted by atomic mass is 16.4. The van der Waals surface area contributed by atoms with E-state index in [0.29, 0.717) is 0 Å². The quantitative estimate of drug-likeness (QED) is 0.604. The van der Waals surface area contributed by atoms with Crippen molar-refractivity contribution in [3.05, 3.63) is 21.7 Å². The Morgan fingerprint density at radius 1 is 1.62 bits per heavy atom. The first-order valence-electron chi connectivity index (χ1n) is 3.51. The molecule has 0 bridgehead atoms. The van der Waals surface area contributed by atoms with E-state index < -0.39 is 11.7 Å². The lowest BCUT2D eigenvalue weighted by Crippen LogP contribution is -2.27. The third-order valence-corrected chi connectivity index (χ3v) is 1.74. The highest BCUT2D eigenvalue weighted by Gasteiger charge is 2.15. The van der Waals surface area contributed by atoms with Crippen molar-refractivity contribution >= 4 is 11.8 Å². The zero-order valence-corrected chi connectivity index (χ0v) is 7.24. The first-order valence-corrected chi connectivity index (χ1v) is 3.51. The van der Waals surface area contributed by atoms with E-state index >= 15 is 0 Å². The molecule has 3 N–H and O–H groups in total. The summed E-state index contributed by atoms with van der Waals surface area (Å²) in [6.07, 6.45) is 0. The van der Waals surface area contributed by atoms with Crippen molar-refractivity contribution in [1.29, 1.82) is 0 Å². The Morgan fingerprint density at radius 2 is 2.15 bits per heavy atom. The predicted molar refractivity (Wildman–Crippen MR) is 45.6 cm³/mol. The van der Waals surface area contributed by atoms with Gasteiger partial charge in [-0.25, -0.2) is 9.59 Å². The van der Waals surface area contributed by atoms with Gasteiger partial charge >= 0.3 is 11.7 Å². The van der Waals surface area contributed by atoms with Crippen LogP contribution in [-0.4, -0.2) is 20.6 Å². The fraction of sp³-hybridized carbons (Fsp3) is 0.286. The Labute approximate surface area is 73.6 Å². The van der Waals surface area contributed by atoms with Gasteiger partial charge in [0.1, 0.15) is 11.4 Å². The molecular formula is C7H9N3O3. The van der Waals surface area contributed by atoms with Crippen molar-refractivity contribution in [2.24, 2.45) is 7.05 Å². The molecule has 6 nitrogen and oxygen atoms in total. The van der Waals surface area contributed by atoms with Gasteiger partial charge < -0.3 is 10.8 Å². The van der Waals surface area contributed by atoms with Crippen LogP contribution in [-0.2, 0) is 7.05 Å². The molecule has 0 amide bonds. The zero-order valence-electron chi connectivity index (χ0n) is 7.24. The molecule has 1 heterocycles. The van der Waals surface area contributed by atoms with E-state index in [1.807, 2.05) is 0 Å². The SMILES string of the molecule is Cc1nc(=O)n(C)c(N)c1C(=O)O. The molecule has 6 heteroatoms. The molecule has 0 saturated carbocycles. The Kier molecular flexibility index (Phi) is 2.05. The summed E-state index contributed by atoms with van der Waals surface area (Å²) >= 11 is 0. The van der Waals surface area contributed by atoms with E-state index in [1.165, 1.54) is 14.0 Å². The number of nitrogen functional groups attached to an aromatic ring is 1. The number of aryl methyl sites for hydroxylation is 1. The number of hydrogen-bond donors (Lipinski definition) is 2. The van der Waals surface area contributed by atoms with Crippen LogP contribution in [0.5, 0.6) is 0 Å². The van der Waals surface area contributed by atoms with Gasteiger partial charge in [-0.3, -0.25) is 4.57 Å². The van der Waals surface area contributed by atoms with Gasteiger partial charge in [-0.1, -0.05) is 0 Å². The second-order valence-electron chi connectivity index (χ2n) is 2.60. The maximum atomic E-state index is 11.0. The molecule has 0 unspecified atom stereocenters. The van der Waals surface area contributed by atoms with Crippen LogP contribution >= 0.6 is 0 Å². The second kappa shape index (κ2) is 2.89. The standard InChI is InChI=1S/C7H9N3O3/c1-3-4(6(11)12)5(8)10(2)7(13)9-3/h8H2,1-2H3,(H,11,12). The number of nitrogens with two attached hydrogens (primary N) is 1. The molecule has 1 aromatic heterocycles. The Bertz CT molecular complexity index is 422. The predicted octanol–water partition coefficient (Wildman–Crippen LogP) is -0.631. The van der Waals surface area contributed by atoms with Gasteiger partial charge in [-0.2, -0.15) is 4.98 Å². The van der Waals surface area contributed by atoms with Crippen LogP contribution < -0.4 is 11.4 Å². The lowest BCUT2D eigenvalue weighted by Gasteiger charge is -2.07. The summed E-state index contributed by atoms with van der Waals surface area (Å²) in [4.78, 5) is 25.2. The molecule has 1 aromatic rings. The monoisotopic (exact) mass is 183 g/mol. The highest BCUT2D eigenvalue weighted by molar-refractivity contribution is 5.93. The number of aromatic carboxylic acids is 1. The Balaban J connectivity index is 3.63. The summed E-state index contributed by atoms with van der Waals surface area (Å²) in [6.45, 7) is 1.43. The van der Waals surface area contributed by atoms with Gasteiger partial charge in [0.25, 0.3) is 0 Å². The largest absolute Gasteiger partial charge is 0.477 e.